The van der Waals surface area contributed by atoms with Crippen molar-refractivity contribution < 1.29 is 13.5 Å². The molecular weight excluding hydrogens is 396 g/mol. The maximum atomic E-state index is 13.5. The van der Waals surface area contributed by atoms with Crippen LogP contribution in [-0.4, -0.2) is 7.11 Å². The standard InChI is InChI=1S/C14H11Br2F2NO/c1-20-13-6-12(18)11(16)5-9(13)14(19)8-4-7(17)2-3-10(8)15/h2-6,14H,19H2,1H3. The Hall–Kier alpha value is -0.980. The molecule has 0 aliphatic heterocycles. The molecule has 106 valence electrons. The molecule has 0 spiro atoms. The van der Waals surface area contributed by atoms with Gasteiger partial charge in [0.25, 0.3) is 0 Å². The fourth-order valence-electron chi connectivity index (χ4n) is 1.88. The number of ether oxygens (including phenoxy) is 1. The van der Waals surface area contributed by atoms with Crippen LogP contribution in [0.25, 0.3) is 0 Å². The zero-order valence-corrected chi connectivity index (χ0v) is 13.6. The lowest BCUT2D eigenvalue weighted by Gasteiger charge is -2.18. The van der Waals surface area contributed by atoms with E-state index in [4.69, 9.17) is 10.5 Å². The van der Waals surface area contributed by atoms with Gasteiger partial charge in [-0.3, -0.25) is 0 Å². The maximum absolute atomic E-state index is 13.5. The first-order chi connectivity index (χ1) is 9.43. The van der Waals surface area contributed by atoms with E-state index in [-0.39, 0.29) is 4.47 Å². The highest BCUT2D eigenvalue weighted by atomic mass is 79.9. The molecule has 0 aliphatic carbocycles. The van der Waals surface area contributed by atoms with Crippen LogP contribution in [0.5, 0.6) is 5.75 Å². The molecule has 0 saturated heterocycles. The number of nitrogens with two attached hydrogens (primary N) is 1. The largest absolute Gasteiger partial charge is 0.496 e. The number of methoxy groups -OCH3 is 1. The van der Waals surface area contributed by atoms with E-state index in [9.17, 15) is 8.78 Å². The van der Waals surface area contributed by atoms with Gasteiger partial charge in [-0.05, 0) is 45.8 Å². The number of rotatable bonds is 3. The summed E-state index contributed by atoms with van der Waals surface area (Å²) in [6.07, 6.45) is 0. The number of benzene rings is 2. The monoisotopic (exact) mass is 405 g/mol. The third kappa shape index (κ3) is 3.02. The van der Waals surface area contributed by atoms with Crippen LogP contribution in [0.2, 0.25) is 0 Å². The van der Waals surface area contributed by atoms with Crippen molar-refractivity contribution in [2.24, 2.45) is 5.73 Å². The molecule has 0 fully saturated rings. The Labute approximate surface area is 132 Å². The maximum Gasteiger partial charge on any atom is 0.141 e. The van der Waals surface area contributed by atoms with Crippen molar-refractivity contribution in [2.75, 3.05) is 7.11 Å². The van der Waals surface area contributed by atoms with E-state index < -0.39 is 17.7 Å². The van der Waals surface area contributed by atoms with E-state index in [1.165, 1.54) is 31.4 Å². The molecule has 0 heterocycles. The third-order valence-corrected chi connectivity index (χ3v) is 4.23. The Kier molecular flexibility index (Phi) is 4.78. The quantitative estimate of drug-likeness (QED) is 0.811. The SMILES string of the molecule is COc1cc(F)c(Br)cc1C(N)c1cc(F)ccc1Br. The van der Waals surface area contributed by atoms with Crippen molar-refractivity contribution in [1.29, 1.82) is 0 Å². The average Bonchev–Trinajstić information content (AvgIpc) is 2.43. The first-order valence-corrected chi connectivity index (χ1v) is 7.26. The highest BCUT2D eigenvalue weighted by molar-refractivity contribution is 9.10. The zero-order chi connectivity index (χ0) is 14.9. The summed E-state index contributed by atoms with van der Waals surface area (Å²) in [7, 11) is 1.43. The van der Waals surface area contributed by atoms with Crippen LogP contribution < -0.4 is 10.5 Å². The van der Waals surface area contributed by atoms with Gasteiger partial charge in [-0.2, -0.15) is 0 Å². The second-order valence-corrected chi connectivity index (χ2v) is 5.86. The van der Waals surface area contributed by atoms with Gasteiger partial charge in [-0.25, -0.2) is 8.78 Å². The Bertz CT molecular complexity index is 649. The minimum absolute atomic E-state index is 0.274. The Balaban J connectivity index is 2.55. The summed E-state index contributed by atoms with van der Waals surface area (Å²) < 4.78 is 33.0. The minimum Gasteiger partial charge on any atom is -0.496 e. The van der Waals surface area contributed by atoms with Crippen LogP contribution in [0.4, 0.5) is 8.78 Å². The molecule has 2 nitrogen and oxygen atoms in total. The predicted octanol–water partition coefficient (Wildman–Crippen LogP) is 4.55. The van der Waals surface area contributed by atoms with Gasteiger partial charge in [0.15, 0.2) is 0 Å². The van der Waals surface area contributed by atoms with Crippen molar-refractivity contribution in [3.05, 3.63) is 62.0 Å². The second-order valence-electron chi connectivity index (χ2n) is 4.15. The molecule has 1 atom stereocenters. The van der Waals surface area contributed by atoms with Crippen LogP contribution in [0.3, 0.4) is 0 Å². The Morgan fingerprint density at radius 1 is 1.05 bits per heavy atom. The lowest BCUT2D eigenvalue weighted by atomic mass is 9.98. The summed E-state index contributed by atoms with van der Waals surface area (Å²) in [5.74, 6) is -0.524. The van der Waals surface area contributed by atoms with Crippen molar-refractivity contribution >= 4 is 31.9 Å². The normalized spacial score (nSPS) is 12.3. The van der Waals surface area contributed by atoms with Gasteiger partial charge in [-0.1, -0.05) is 15.9 Å². The fraction of sp³-hybridized carbons (Fsp3) is 0.143. The zero-order valence-electron chi connectivity index (χ0n) is 10.5. The molecule has 0 saturated carbocycles. The predicted molar refractivity (Wildman–Crippen MR) is 80.8 cm³/mol. The lowest BCUT2D eigenvalue weighted by Crippen LogP contribution is -2.14. The molecule has 2 N–H and O–H groups in total. The smallest absolute Gasteiger partial charge is 0.141 e. The highest BCUT2D eigenvalue weighted by Gasteiger charge is 2.19. The summed E-state index contributed by atoms with van der Waals surface area (Å²) in [5, 5.41) is 0. The van der Waals surface area contributed by atoms with Crippen molar-refractivity contribution in [1.82, 2.24) is 0 Å². The molecule has 0 aromatic heterocycles. The molecule has 0 aliphatic rings. The molecule has 1 unspecified atom stereocenters. The topological polar surface area (TPSA) is 35.2 Å². The Morgan fingerprint density at radius 3 is 2.40 bits per heavy atom. The molecule has 0 amide bonds. The van der Waals surface area contributed by atoms with Gasteiger partial charge in [-0.15, -0.1) is 0 Å². The molecule has 2 rings (SSSR count). The fourth-order valence-corrected chi connectivity index (χ4v) is 2.74. The van der Waals surface area contributed by atoms with Crippen LogP contribution in [0, 0.1) is 11.6 Å². The van der Waals surface area contributed by atoms with Crippen LogP contribution in [0.15, 0.2) is 39.3 Å². The van der Waals surface area contributed by atoms with Crippen molar-refractivity contribution in [2.45, 2.75) is 6.04 Å². The van der Waals surface area contributed by atoms with Gasteiger partial charge < -0.3 is 10.5 Å². The molecule has 2 aromatic rings. The molecule has 20 heavy (non-hydrogen) atoms. The van der Waals surface area contributed by atoms with E-state index in [1.54, 1.807) is 6.07 Å². The van der Waals surface area contributed by atoms with Gasteiger partial charge in [0.2, 0.25) is 0 Å². The van der Waals surface area contributed by atoms with Crippen molar-refractivity contribution in [3.63, 3.8) is 0 Å². The van der Waals surface area contributed by atoms with Gasteiger partial charge in [0, 0.05) is 16.1 Å². The Morgan fingerprint density at radius 2 is 1.75 bits per heavy atom. The molecule has 2 aromatic carbocycles. The van der Waals surface area contributed by atoms with Crippen molar-refractivity contribution in [3.8, 4) is 5.75 Å². The summed E-state index contributed by atoms with van der Waals surface area (Å²) >= 11 is 6.45. The van der Waals surface area contributed by atoms with Crippen LogP contribution >= 0.6 is 31.9 Å². The average molecular weight is 407 g/mol. The number of hydrogen-bond donors (Lipinski definition) is 1. The first kappa shape index (κ1) is 15.4. The summed E-state index contributed by atoms with van der Waals surface area (Å²) in [6.45, 7) is 0. The van der Waals surface area contributed by atoms with E-state index >= 15 is 0 Å². The highest BCUT2D eigenvalue weighted by Crippen LogP contribution is 2.35. The van der Waals surface area contributed by atoms with Gasteiger partial charge in [0.05, 0.1) is 17.6 Å². The molecule has 0 bridgehead atoms. The summed E-state index contributed by atoms with van der Waals surface area (Å²) in [6, 6.07) is 6.38. The van der Waals surface area contributed by atoms with E-state index in [0.29, 0.717) is 21.3 Å². The first-order valence-electron chi connectivity index (χ1n) is 5.67. The van der Waals surface area contributed by atoms with Gasteiger partial charge >= 0.3 is 0 Å². The summed E-state index contributed by atoms with van der Waals surface area (Å²) in [5.41, 5.74) is 7.28. The van der Waals surface area contributed by atoms with E-state index in [0.717, 1.165) is 0 Å². The lowest BCUT2D eigenvalue weighted by molar-refractivity contribution is 0.404. The molecule has 6 heteroatoms. The summed E-state index contributed by atoms with van der Waals surface area (Å²) in [4.78, 5) is 0. The van der Waals surface area contributed by atoms with E-state index in [2.05, 4.69) is 31.9 Å². The number of halogens is 4. The van der Waals surface area contributed by atoms with Crippen LogP contribution in [0.1, 0.15) is 17.2 Å². The molecular formula is C14H11Br2F2NO. The third-order valence-electron chi connectivity index (χ3n) is 2.90. The van der Waals surface area contributed by atoms with Crippen LogP contribution in [-0.2, 0) is 0 Å². The second kappa shape index (κ2) is 6.20. The number of hydrogen-bond acceptors (Lipinski definition) is 2. The van der Waals surface area contributed by atoms with Gasteiger partial charge in [0.1, 0.15) is 17.4 Å². The van der Waals surface area contributed by atoms with E-state index in [1.807, 2.05) is 0 Å². The molecule has 0 radical (unpaired) electrons. The minimum atomic E-state index is -0.646.